The van der Waals surface area contributed by atoms with E-state index in [1.54, 1.807) is 4.52 Å². The Morgan fingerprint density at radius 2 is 2.11 bits per heavy atom. The molecule has 5 heteroatoms. The number of hydrogen-bond donors (Lipinski definition) is 1. The van der Waals surface area contributed by atoms with E-state index in [9.17, 15) is 0 Å². The molecule has 0 aliphatic rings. The van der Waals surface area contributed by atoms with Crippen molar-refractivity contribution in [2.24, 2.45) is 5.73 Å². The van der Waals surface area contributed by atoms with Crippen molar-refractivity contribution in [3.8, 4) is 11.3 Å². The second kappa shape index (κ2) is 5.11. The molecule has 3 aromatic rings. The Morgan fingerprint density at radius 1 is 1.21 bits per heavy atom. The molecule has 0 unspecified atom stereocenters. The third kappa shape index (κ3) is 2.52. The van der Waals surface area contributed by atoms with Gasteiger partial charge in [-0.05, 0) is 30.8 Å². The number of hydrogen-bond acceptors (Lipinski definition) is 3. The maximum absolute atomic E-state index is 5.55. The van der Waals surface area contributed by atoms with Crippen molar-refractivity contribution in [1.29, 1.82) is 0 Å². The fraction of sp³-hybridized carbons (Fsp3) is 0.143. The van der Waals surface area contributed by atoms with E-state index in [0.29, 0.717) is 6.54 Å². The summed E-state index contributed by atoms with van der Waals surface area (Å²) >= 11 is 3.47. The molecule has 2 heterocycles. The third-order valence-corrected chi connectivity index (χ3v) is 3.38. The number of nitrogens with two attached hydrogens (primary N) is 1. The summed E-state index contributed by atoms with van der Waals surface area (Å²) in [5.74, 6) is 0. The van der Waals surface area contributed by atoms with Crippen molar-refractivity contribution in [2.75, 3.05) is 6.54 Å². The Hall–Kier alpha value is -1.72. The van der Waals surface area contributed by atoms with Gasteiger partial charge in [0, 0.05) is 16.5 Å². The summed E-state index contributed by atoms with van der Waals surface area (Å²) in [5.41, 5.74) is 9.36. The monoisotopic (exact) mass is 316 g/mol. The highest BCUT2D eigenvalue weighted by Crippen LogP contribution is 2.21. The van der Waals surface area contributed by atoms with Gasteiger partial charge >= 0.3 is 0 Å². The summed E-state index contributed by atoms with van der Waals surface area (Å²) in [7, 11) is 0. The van der Waals surface area contributed by atoms with Crippen LogP contribution in [-0.2, 0) is 6.42 Å². The molecular weight excluding hydrogens is 304 g/mol. The molecule has 1 aromatic carbocycles. The topological polar surface area (TPSA) is 56.2 Å². The minimum absolute atomic E-state index is 0.600. The smallest absolute Gasteiger partial charge is 0.153 e. The summed E-state index contributed by atoms with van der Waals surface area (Å²) in [6.07, 6.45) is 2.71. The maximum atomic E-state index is 5.55. The molecule has 0 aliphatic carbocycles. The average Bonchev–Trinajstić information content (AvgIpc) is 2.80. The van der Waals surface area contributed by atoms with E-state index in [2.05, 4.69) is 26.0 Å². The lowest BCUT2D eigenvalue weighted by Gasteiger charge is -2.01. The van der Waals surface area contributed by atoms with Gasteiger partial charge in [-0.15, -0.1) is 0 Å². The van der Waals surface area contributed by atoms with E-state index in [1.165, 1.54) is 0 Å². The van der Waals surface area contributed by atoms with Crippen LogP contribution in [0.5, 0.6) is 0 Å². The molecule has 0 saturated heterocycles. The van der Waals surface area contributed by atoms with Gasteiger partial charge in [-0.2, -0.15) is 5.10 Å². The van der Waals surface area contributed by atoms with Gasteiger partial charge in [-0.3, -0.25) is 0 Å². The Morgan fingerprint density at radius 3 is 2.89 bits per heavy atom. The summed E-state index contributed by atoms with van der Waals surface area (Å²) < 4.78 is 2.85. The number of imidazole rings is 1. The molecule has 96 valence electrons. The van der Waals surface area contributed by atoms with Gasteiger partial charge < -0.3 is 5.73 Å². The largest absolute Gasteiger partial charge is 0.330 e. The minimum Gasteiger partial charge on any atom is -0.330 e. The third-order valence-electron chi connectivity index (χ3n) is 2.89. The van der Waals surface area contributed by atoms with Crippen LogP contribution in [0.3, 0.4) is 0 Å². The quantitative estimate of drug-likeness (QED) is 0.808. The lowest BCUT2D eigenvalue weighted by atomic mass is 10.1. The van der Waals surface area contributed by atoms with Crippen LogP contribution in [0.2, 0.25) is 0 Å². The maximum Gasteiger partial charge on any atom is 0.153 e. The first-order valence-corrected chi connectivity index (χ1v) is 6.87. The highest BCUT2D eigenvalue weighted by Gasteiger charge is 2.05. The predicted octanol–water partition coefficient (Wildman–Crippen LogP) is 2.66. The number of rotatable bonds is 3. The Balaban J connectivity index is 2.05. The molecule has 0 atom stereocenters. The molecular formula is C14H13BrN4. The van der Waals surface area contributed by atoms with E-state index in [0.717, 1.165) is 33.5 Å². The van der Waals surface area contributed by atoms with Gasteiger partial charge in [0.25, 0.3) is 0 Å². The molecule has 0 fully saturated rings. The molecule has 0 aliphatic heterocycles. The zero-order valence-corrected chi connectivity index (χ0v) is 11.8. The normalized spacial score (nSPS) is 11.1. The lowest BCUT2D eigenvalue weighted by molar-refractivity contribution is 0.917. The first kappa shape index (κ1) is 12.3. The van der Waals surface area contributed by atoms with Crippen molar-refractivity contribution in [3.05, 3.63) is 52.8 Å². The number of benzene rings is 1. The summed E-state index contributed by atoms with van der Waals surface area (Å²) in [4.78, 5) is 4.47. The minimum atomic E-state index is 0.600. The SMILES string of the molecule is NCCc1cn2nc(-c3cccc(Br)c3)ccc2n1. The second-order valence-electron chi connectivity index (χ2n) is 4.30. The fourth-order valence-electron chi connectivity index (χ4n) is 2.00. The van der Waals surface area contributed by atoms with Gasteiger partial charge in [-0.25, -0.2) is 9.50 Å². The average molecular weight is 317 g/mol. The molecule has 2 N–H and O–H groups in total. The van der Waals surface area contributed by atoms with E-state index in [1.807, 2.05) is 42.6 Å². The van der Waals surface area contributed by atoms with Gasteiger partial charge in [0.05, 0.1) is 17.6 Å². The molecule has 0 amide bonds. The van der Waals surface area contributed by atoms with Gasteiger partial charge in [0.15, 0.2) is 5.65 Å². The van der Waals surface area contributed by atoms with E-state index in [4.69, 9.17) is 5.73 Å². The van der Waals surface area contributed by atoms with Crippen LogP contribution in [0.4, 0.5) is 0 Å². The Labute approximate surface area is 119 Å². The molecule has 0 spiro atoms. The summed E-state index contributed by atoms with van der Waals surface area (Å²) in [6, 6.07) is 12.0. The number of halogens is 1. The molecule has 0 bridgehead atoms. The van der Waals surface area contributed by atoms with E-state index < -0.39 is 0 Å². The summed E-state index contributed by atoms with van der Waals surface area (Å²) in [5, 5.41) is 4.58. The standard InChI is InChI=1S/C14H13BrN4/c15-11-3-1-2-10(8-11)13-4-5-14-17-12(6-7-16)9-19(14)18-13/h1-5,8-9H,6-7,16H2. The highest BCUT2D eigenvalue weighted by molar-refractivity contribution is 9.10. The van der Waals surface area contributed by atoms with Crippen LogP contribution >= 0.6 is 15.9 Å². The molecule has 0 saturated carbocycles. The highest BCUT2D eigenvalue weighted by atomic mass is 79.9. The van der Waals surface area contributed by atoms with Gasteiger partial charge in [0.2, 0.25) is 0 Å². The Kier molecular flexibility index (Phi) is 3.31. The molecule has 3 rings (SSSR count). The molecule has 2 aromatic heterocycles. The number of aromatic nitrogens is 3. The van der Waals surface area contributed by atoms with Crippen LogP contribution in [0.1, 0.15) is 5.69 Å². The van der Waals surface area contributed by atoms with Crippen LogP contribution in [0.25, 0.3) is 16.9 Å². The first-order valence-electron chi connectivity index (χ1n) is 6.07. The van der Waals surface area contributed by atoms with Crippen molar-refractivity contribution in [1.82, 2.24) is 14.6 Å². The zero-order valence-electron chi connectivity index (χ0n) is 10.3. The molecule has 4 nitrogen and oxygen atoms in total. The van der Waals surface area contributed by atoms with Crippen LogP contribution in [-0.4, -0.2) is 21.1 Å². The number of fused-ring (bicyclic) bond motifs is 1. The fourth-order valence-corrected chi connectivity index (χ4v) is 2.40. The zero-order chi connectivity index (χ0) is 13.2. The predicted molar refractivity (Wildman–Crippen MR) is 78.9 cm³/mol. The number of nitrogens with zero attached hydrogens (tertiary/aromatic N) is 3. The molecule has 0 radical (unpaired) electrons. The van der Waals surface area contributed by atoms with Gasteiger partial charge in [-0.1, -0.05) is 28.1 Å². The van der Waals surface area contributed by atoms with Crippen molar-refractivity contribution < 1.29 is 0 Å². The van der Waals surface area contributed by atoms with Crippen molar-refractivity contribution in [2.45, 2.75) is 6.42 Å². The lowest BCUT2D eigenvalue weighted by Crippen LogP contribution is -2.02. The summed E-state index contributed by atoms with van der Waals surface area (Å²) in [6.45, 7) is 0.600. The van der Waals surface area contributed by atoms with E-state index in [-0.39, 0.29) is 0 Å². The van der Waals surface area contributed by atoms with Gasteiger partial charge in [0.1, 0.15) is 0 Å². The van der Waals surface area contributed by atoms with Crippen LogP contribution < -0.4 is 5.73 Å². The van der Waals surface area contributed by atoms with Crippen molar-refractivity contribution >= 4 is 21.6 Å². The van der Waals surface area contributed by atoms with Crippen LogP contribution in [0, 0.1) is 0 Å². The van der Waals surface area contributed by atoms with E-state index >= 15 is 0 Å². The van der Waals surface area contributed by atoms with Crippen LogP contribution in [0.15, 0.2) is 47.1 Å². The second-order valence-corrected chi connectivity index (χ2v) is 5.22. The Bertz CT molecular complexity index is 720. The molecule has 19 heavy (non-hydrogen) atoms. The first-order chi connectivity index (χ1) is 9.26. The van der Waals surface area contributed by atoms with Crippen molar-refractivity contribution in [3.63, 3.8) is 0 Å².